The predicted octanol–water partition coefficient (Wildman–Crippen LogP) is 10.0. The van der Waals surface area contributed by atoms with Crippen molar-refractivity contribution in [3.63, 3.8) is 0 Å². The molecule has 1 radical (unpaired) electrons. The first-order valence-corrected chi connectivity index (χ1v) is 14.3. The molecule has 0 bridgehead atoms. The van der Waals surface area contributed by atoms with E-state index in [0.717, 1.165) is 29.4 Å². The van der Waals surface area contributed by atoms with Crippen LogP contribution in [0.2, 0.25) is 0 Å². The van der Waals surface area contributed by atoms with E-state index in [4.69, 9.17) is 4.74 Å². The van der Waals surface area contributed by atoms with Crippen LogP contribution in [0.1, 0.15) is 65.5 Å². The van der Waals surface area contributed by atoms with Gasteiger partial charge < -0.3 is 9.84 Å². The number of carbonyl (C=O) groups is 1. The maximum Gasteiger partial charge on any atom is 0.218 e. The largest absolute Gasteiger partial charge is 0.512 e. The van der Waals surface area contributed by atoms with Crippen LogP contribution in [0, 0.1) is 30.7 Å². The number of aliphatic hydroxyl groups excluding tert-OH is 1. The summed E-state index contributed by atoms with van der Waals surface area (Å²) < 4.78 is 7.07. The average Bonchev–Trinajstić information content (AvgIpc) is 3.32. The molecule has 0 saturated carbocycles. The smallest absolute Gasteiger partial charge is 0.218 e. The van der Waals surface area contributed by atoms with Crippen LogP contribution in [0.5, 0.6) is 11.6 Å². The van der Waals surface area contributed by atoms with E-state index in [-0.39, 0.29) is 42.5 Å². The Hall–Kier alpha value is -2.79. The number of carbonyl (C=O) groups excluding carboxylic acids is 1. The number of ketones is 1. The van der Waals surface area contributed by atoms with Gasteiger partial charge in [-0.2, -0.15) is 17.2 Å². The van der Waals surface area contributed by atoms with Crippen LogP contribution in [0.4, 0.5) is 0 Å². The fraction of sp³-hybridized carbons (Fsp3) is 0.353. The van der Waals surface area contributed by atoms with Gasteiger partial charge in [0.05, 0.1) is 0 Å². The molecule has 0 aliphatic rings. The minimum Gasteiger partial charge on any atom is -0.512 e. The number of nitrogens with zero attached hydrogens (tertiary/aromatic N) is 1. The van der Waals surface area contributed by atoms with Gasteiger partial charge in [0.2, 0.25) is 5.88 Å². The Balaban J connectivity index is 0.000000307. The monoisotopic (exact) mass is 735 g/mol. The SMILES string of the molecule is CCC(C)(C)C(=O)/C=C(\O)C(C)(C)CC.Cc1[c-]c(Oc2cc3scc(-c4ccccc4)c3cn2)cc(C)c1.[Ir]. The molecule has 0 aliphatic carbocycles. The summed E-state index contributed by atoms with van der Waals surface area (Å²) >= 11 is 1.71. The minimum atomic E-state index is -0.377. The van der Waals surface area contributed by atoms with E-state index < -0.39 is 0 Å². The average molecular weight is 735 g/mol. The molecule has 215 valence electrons. The first kappa shape index (κ1) is 33.4. The Kier molecular flexibility index (Phi) is 11.9. The van der Waals surface area contributed by atoms with Gasteiger partial charge in [-0.05, 0) is 23.8 Å². The van der Waals surface area contributed by atoms with Crippen LogP contribution < -0.4 is 4.74 Å². The molecule has 0 fully saturated rings. The molecule has 0 amide bonds. The molecular formula is C34H40IrNO3S-. The van der Waals surface area contributed by atoms with Gasteiger partial charge in [-0.25, -0.2) is 4.98 Å². The molecule has 0 atom stereocenters. The van der Waals surface area contributed by atoms with Crippen molar-refractivity contribution < 1.29 is 34.7 Å². The third-order valence-electron chi connectivity index (χ3n) is 7.25. The first-order chi connectivity index (χ1) is 18.4. The van der Waals surface area contributed by atoms with Gasteiger partial charge in [0, 0.05) is 70.7 Å². The van der Waals surface area contributed by atoms with Crippen LogP contribution in [-0.4, -0.2) is 15.9 Å². The molecule has 40 heavy (non-hydrogen) atoms. The van der Waals surface area contributed by atoms with Gasteiger partial charge in [0.25, 0.3) is 0 Å². The van der Waals surface area contributed by atoms with E-state index in [0.29, 0.717) is 11.6 Å². The molecule has 2 aromatic heterocycles. The number of rotatable bonds is 8. The molecule has 2 aromatic carbocycles. The number of benzene rings is 2. The topological polar surface area (TPSA) is 59.4 Å². The van der Waals surface area contributed by atoms with E-state index in [1.54, 1.807) is 11.3 Å². The standard InChI is InChI=1S/C21H16NOS.C13H24O2.Ir/c1-14-8-15(2)10-17(9-14)23-21-11-20-18(12-22-21)19(13-24-20)16-6-4-3-5-7-16;1-7-12(3,4)10(14)9-11(15)13(5,6)8-2;/h3-9,11-13H,1-2H3;9,14H,7-8H2,1-6H3;/q-1;;/b;10-9-;. The predicted molar refractivity (Wildman–Crippen MR) is 164 cm³/mol. The summed E-state index contributed by atoms with van der Waals surface area (Å²) in [6.45, 7) is 15.7. The van der Waals surface area contributed by atoms with Crippen molar-refractivity contribution in [3.05, 3.63) is 89.1 Å². The normalized spacial score (nSPS) is 11.8. The zero-order valence-corrected chi connectivity index (χ0v) is 27.9. The van der Waals surface area contributed by atoms with Gasteiger partial charge in [-0.1, -0.05) is 85.7 Å². The molecule has 4 nitrogen and oxygen atoms in total. The van der Waals surface area contributed by atoms with Crippen LogP contribution >= 0.6 is 11.3 Å². The fourth-order valence-corrected chi connectivity index (χ4v) is 4.66. The number of hydrogen-bond donors (Lipinski definition) is 1. The Morgan fingerprint density at radius 2 is 1.68 bits per heavy atom. The van der Waals surface area contributed by atoms with E-state index in [9.17, 15) is 9.90 Å². The number of allylic oxidation sites excluding steroid dienone is 2. The van der Waals surface area contributed by atoms with E-state index in [2.05, 4.69) is 53.7 Å². The first-order valence-electron chi connectivity index (χ1n) is 13.4. The van der Waals surface area contributed by atoms with Gasteiger partial charge in [0.1, 0.15) is 5.76 Å². The third kappa shape index (κ3) is 8.60. The Bertz CT molecular complexity index is 1430. The number of aliphatic hydroxyl groups is 1. The number of aryl methyl sites for hydroxylation is 2. The van der Waals surface area contributed by atoms with Crippen molar-refractivity contribution in [2.75, 3.05) is 0 Å². The molecule has 0 unspecified atom stereocenters. The quantitative estimate of drug-likeness (QED) is 0.111. The summed E-state index contributed by atoms with van der Waals surface area (Å²) in [5.41, 5.74) is 3.96. The van der Waals surface area contributed by atoms with Crippen molar-refractivity contribution in [2.24, 2.45) is 10.8 Å². The van der Waals surface area contributed by atoms with Crippen molar-refractivity contribution >= 4 is 27.2 Å². The van der Waals surface area contributed by atoms with Crippen molar-refractivity contribution in [2.45, 2.75) is 68.2 Å². The zero-order chi connectivity index (χ0) is 28.8. The molecule has 4 aromatic rings. The van der Waals surface area contributed by atoms with Gasteiger partial charge >= 0.3 is 0 Å². The number of aromatic nitrogens is 1. The Labute approximate surface area is 256 Å². The number of ether oxygens (including phenoxy) is 1. The molecule has 0 aliphatic heterocycles. The molecular weight excluding hydrogens is 695 g/mol. The number of hydrogen-bond acceptors (Lipinski definition) is 5. The van der Waals surface area contributed by atoms with Gasteiger partial charge in [-0.15, -0.1) is 23.5 Å². The van der Waals surface area contributed by atoms with Crippen LogP contribution in [-0.2, 0) is 24.9 Å². The fourth-order valence-electron chi connectivity index (χ4n) is 3.70. The second kappa shape index (κ2) is 14.2. The number of pyridine rings is 1. The maximum absolute atomic E-state index is 11.8. The second-order valence-electron chi connectivity index (χ2n) is 11.2. The van der Waals surface area contributed by atoms with Gasteiger partial charge in [-0.3, -0.25) is 4.79 Å². The summed E-state index contributed by atoms with van der Waals surface area (Å²) in [6.07, 6.45) is 4.89. The molecule has 0 saturated heterocycles. The van der Waals surface area contributed by atoms with E-state index in [1.807, 2.05) is 72.9 Å². The molecule has 4 rings (SSSR count). The molecule has 2 heterocycles. The third-order valence-corrected chi connectivity index (χ3v) is 8.20. The Morgan fingerprint density at radius 1 is 1.02 bits per heavy atom. The summed E-state index contributed by atoms with van der Waals surface area (Å²) in [4.78, 5) is 16.3. The van der Waals surface area contributed by atoms with E-state index >= 15 is 0 Å². The molecule has 0 spiro atoms. The molecule has 1 N–H and O–H groups in total. The number of fused-ring (bicyclic) bond motifs is 1. The Morgan fingerprint density at radius 3 is 2.27 bits per heavy atom. The van der Waals surface area contributed by atoms with Crippen LogP contribution in [0.3, 0.4) is 0 Å². The summed E-state index contributed by atoms with van der Waals surface area (Å²) in [7, 11) is 0. The van der Waals surface area contributed by atoms with Crippen molar-refractivity contribution in [1.82, 2.24) is 4.98 Å². The van der Waals surface area contributed by atoms with Gasteiger partial charge in [0.15, 0.2) is 5.78 Å². The zero-order valence-electron chi connectivity index (χ0n) is 24.7. The van der Waals surface area contributed by atoms with Crippen LogP contribution in [0.15, 0.2) is 71.9 Å². The van der Waals surface area contributed by atoms with E-state index in [1.165, 1.54) is 21.9 Å². The molecule has 6 heteroatoms. The van der Waals surface area contributed by atoms with Crippen molar-refractivity contribution in [1.29, 1.82) is 0 Å². The summed E-state index contributed by atoms with van der Waals surface area (Å²) in [6, 6.07) is 19.7. The second-order valence-corrected chi connectivity index (χ2v) is 12.1. The maximum atomic E-state index is 11.8. The summed E-state index contributed by atoms with van der Waals surface area (Å²) in [5.74, 6) is 1.50. The van der Waals surface area contributed by atoms with Crippen LogP contribution in [0.25, 0.3) is 21.2 Å². The van der Waals surface area contributed by atoms with Crippen molar-refractivity contribution in [3.8, 4) is 22.8 Å². The summed E-state index contributed by atoms with van der Waals surface area (Å²) in [5, 5.41) is 13.2. The number of thiophene rings is 1. The minimum absolute atomic E-state index is 0.